The summed E-state index contributed by atoms with van der Waals surface area (Å²) in [5.74, 6) is 0.655. The van der Waals surface area contributed by atoms with Crippen molar-refractivity contribution < 1.29 is 9.84 Å². The van der Waals surface area contributed by atoms with E-state index in [9.17, 15) is 5.11 Å². The summed E-state index contributed by atoms with van der Waals surface area (Å²) in [6.07, 6.45) is 2.97. The summed E-state index contributed by atoms with van der Waals surface area (Å²) in [5, 5.41) is 9.72. The van der Waals surface area contributed by atoms with Crippen LogP contribution in [0.2, 0.25) is 0 Å². The van der Waals surface area contributed by atoms with Crippen LogP contribution >= 0.6 is 15.9 Å². The molecule has 88 valence electrons. The molecule has 0 unspecified atom stereocenters. The quantitative estimate of drug-likeness (QED) is 0.897. The Morgan fingerprint density at radius 1 is 1.56 bits per heavy atom. The third-order valence-electron chi connectivity index (χ3n) is 3.15. The predicted octanol–water partition coefficient (Wildman–Crippen LogP) is 2.51. The number of hydrogen-bond acceptors (Lipinski definition) is 3. The fraction of sp³-hybridized carbons (Fsp3) is 0.500. The summed E-state index contributed by atoms with van der Waals surface area (Å²) >= 11 is 3.48. The van der Waals surface area contributed by atoms with Crippen LogP contribution in [0.1, 0.15) is 24.0 Å². The minimum atomic E-state index is -0.0464. The second-order valence-electron chi connectivity index (χ2n) is 4.58. The van der Waals surface area contributed by atoms with Crippen molar-refractivity contribution in [2.24, 2.45) is 5.73 Å². The lowest BCUT2D eigenvalue weighted by Crippen LogP contribution is -2.25. The number of benzene rings is 1. The van der Waals surface area contributed by atoms with Gasteiger partial charge in [-0.25, -0.2) is 0 Å². The molecular formula is C12H16BrNO2. The van der Waals surface area contributed by atoms with Gasteiger partial charge in [0.25, 0.3) is 0 Å². The van der Waals surface area contributed by atoms with Gasteiger partial charge < -0.3 is 15.6 Å². The topological polar surface area (TPSA) is 55.5 Å². The minimum absolute atomic E-state index is 0.0464. The minimum Gasteiger partial charge on any atom is -0.504 e. The number of nitrogens with two attached hydrogens (primary N) is 1. The van der Waals surface area contributed by atoms with Gasteiger partial charge in [0.1, 0.15) is 0 Å². The van der Waals surface area contributed by atoms with Gasteiger partial charge in [-0.05, 0) is 59.3 Å². The zero-order chi connectivity index (χ0) is 11.9. The van der Waals surface area contributed by atoms with Crippen LogP contribution in [-0.4, -0.2) is 17.8 Å². The van der Waals surface area contributed by atoms with Gasteiger partial charge in [0.05, 0.1) is 11.6 Å². The third-order valence-corrected chi connectivity index (χ3v) is 3.99. The average molecular weight is 286 g/mol. The number of aryl methyl sites for hydroxylation is 1. The van der Waals surface area contributed by atoms with E-state index in [1.807, 2.05) is 6.92 Å². The highest BCUT2D eigenvalue weighted by atomic mass is 79.9. The molecule has 1 saturated carbocycles. The Balaban J connectivity index is 2.43. The van der Waals surface area contributed by atoms with Gasteiger partial charge in [-0.2, -0.15) is 0 Å². The molecule has 0 atom stereocenters. The van der Waals surface area contributed by atoms with Gasteiger partial charge in [0, 0.05) is 5.54 Å². The molecule has 1 aromatic rings. The van der Waals surface area contributed by atoms with Gasteiger partial charge in [0.15, 0.2) is 11.5 Å². The van der Waals surface area contributed by atoms with E-state index in [-0.39, 0.29) is 11.3 Å². The van der Waals surface area contributed by atoms with Gasteiger partial charge in [-0.15, -0.1) is 0 Å². The number of rotatable bonds is 3. The molecule has 0 amide bonds. The van der Waals surface area contributed by atoms with Crippen LogP contribution < -0.4 is 10.5 Å². The molecule has 0 aromatic heterocycles. The second-order valence-corrected chi connectivity index (χ2v) is 5.37. The van der Waals surface area contributed by atoms with E-state index in [0.29, 0.717) is 5.75 Å². The summed E-state index contributed by atoms with van der Waals surface area (Å²) in [5.41, 5.74) is 8.25. The number of aromatic hydroxyl groups is 1. The average Bonchev–Trinajstić information content (AvgIpc) is 2.92. The molecule has 1 aromatic carbocycles. The van der Waals surface area contributed by atoms with Crippen LogP contribution in [0.3, 0.4) is 0 Å². The maximum atomic E-state index is 9.72. The SMILES string of the molecule is COc1c(O)cc(C)c(CC2(N)CC2)c1Br. The lowest BCUT2D eigenvalue weighted by atomic mass is 9.99. The first-order chi connectivity index (χ1) is 7.47. The van der Waals surface area contributed by atoms with Crippen molar-refractivity contribution in [3.05, 3.63) is 21.7 Å². The highest BCUT2D eigenvalue weighted by molar-refractivity contribution is 9.10. The smallest absolute Gasteiger partial charge is 0.174 e. The highest BCUT2D eigenvalue weighted by Crippen LogP contribution is 2.43. The summed E-state index contributed by atoms with van der Waals surface area (Å²) in [7, 11) is 1.55. The number of ether oxygens (including phenoxy) is 1. The summed E-state index contributed by atoms with van der Waals surface area (Å²) in [4.78, 5) is 0. The van der Waals surface area contributed by atoms with Crippen molar-refractivity contribution in [3.63, 3.8) is 0 Å². The van der Waals surface area contributed by atoms with E-state index in [1.165, 1.54) is 0 Å². The lowest BCUT2D eigenvalue weighted by molar-refractivity contribution is 0.370. The molecular weight excluding hydrogens is 270 g/mol. The Hall–Kier alpha value is -0.740. The second kappa shape index (κ2) is 3.93. The molecule has 3 nitrogen and oxygen atoms in total. The van der Waals surface area contributed by atoms with E-state index in [0.717, 1.165) is 34.9 Å². The van der Waals surface area contributed by atoms with Crippen molar-refractivity contribution in [1.29, 1.82) is 0 Å². The lowest BCUT2D eigenvalue weighted by Gasteiger charge is -2.16. The fourth-order valence-corrected chi connectivity index (χ4v) is 2.70. The largest absolute Gasteiger partial charge is 0.504 e. The predicted molar refractivity (Wildman–Crippen MR) is 67.0 cm³/mol. The molecule has 0 radical (unpaired) electrons. The first-order valence-electron chi connectivity index (χ1n) is 5.31. The molecule has 0 saturated heterocycles. The number of methoxy groups -OCH3 is 1. The van der Waals surface area contributed by atoms with Crippen molar-refractivity contribution in [3.8, 4) is 11.5 Å². The number of hydrogen-bond donors (Lipinski definition) is 2. The molecule has 0 heterocycles. The molecule has 1 aliphatic carbocycles. The van der Waals surface area contributed by atoms with Crippen LogP contribution in [0.15, 0.2) is 10.5 Å². The molecule has 16 heavy (non-hydrogen) atoms. The van der Waals surface area contributed by atoms with Crippen molar-refractivity contribution in [1.82, 2.24) is 0 Å². The Morgan fingerprint density at radius 2 is 2.19 bits per heavy atom. The maximum absolute atomic E-state index is 9.72. The summed E-state index contributed by atoms with van der Waals surface area (Å²) in [6, 6.07) is 1.73. The van der Waals surface area contributed by atoms with Gasteiger partial charge in [-0.3, -0.25) is 0 Å². The monoisotopic (exact) mass is 285 g/mol. The Morgan fingerprint density at radius 3 is 2.69 bits per heavy atom. The van der Waals surface area contributed by atoms with Crippen LogP contribution in [0.5, 0.6) is 11.5 Å². The van der Waals surface area contributed by atoms with E-state index < -0.39 is 0 Å². The molecule has 0 aliphatic heterocycles. The molecule has 3 N–H and O–H groups in total. The van der Waals surface area contributed by atoms with Crippen LogP contribution in [-0.2, 0) is 6.42 Å². The third kappa shape index (κ3) is 2.04. The first-order valence-corrected chi connectivity index (χ1v) is 6.10. The molecule has 0 bridgehead atoms. The number of halogens is 1. The standard InChI is InChI=1S/C12H16BrNO2/c1-7-5-9(15)11(16-2)10(13)8(7)6-12(14)3-4-12/h5,15H,3-4,6,14H2,1-2H3. The highest BCUT2D eigenvalue weighted by Gasteiger charge is 2.39. The first kappa shape index (κ1) is 11.7. The zero-order valence-electron chi connectivity index (χ0n) is 9.51. The van der Waals surface area contributed by atoms with Crippen molar-refractivity contribution in [2.75, 3.05) is 7.11 Å². The Kier molecular flexibility index (Phi) is 2.88. The normalized spacial score (nSPS) is 17.2. The van der Waals surface area contributed by atoms with Crippen LogP contribution in [0.25, 0.3) is 0 Å². The van der Waals surface area contributed by atoms with E-state index in [2.05, 4.69) is 15.9 Å². The molecule has 4 heteroatoms. The van der Waals surface area contributed by atoms with Gasteiger partial charge in [0.2, 0.25) is 0 Å². The van der Waals surface area contributed by atoms with E-state index in [1.54, 1.807) is 13.2 Å². The molecule has 0 spiro atoms. The van der Waals surface area contributed by atoms with Crippen molar-refractivity contribution >= 4 is 15.9 Å². The summed E-state index contributed by atoms with van der Waals surface area (Å²) < 4.78 is 5.99. The van der Waals surface area contributed by atoms with Crippen molar-refractivity contribution in [2.45, 2.75) is 31.7 Å². The fourth-order valence-electron chi connectivity index (χ4n) is 1.88. The van der Waals surface area contributed by atoms with Gasteiger partial charge >= 0.3 is 0 Å². The molecule has 2 rings (SSSR count). The van der Waals surface area contributed by atoms with Crippen LogP contribution in [0.4, 0.5) is 0 Å². The zero-order valence-corrected chi connectivity index (χ0v) is 11.1. The van der Waals surface area contributed by atoms with E-state index in [4.69, 9.17) is 10.5 Å². The number of phenolic OH excluding ortho intramolecular Hbond substituents is 1. The molecule has 1 aliphatic rings. The molecule has 1 fully saturated rings. The van der Waals surface area contributed by atoms with Gasteiger partial charge in [-0.1, -0.05) is 0 Å². The number of phenols is 1. The summed E-state index contributed by atoms with van der Waals surface area (Å²) in [6.45, 7) is 1.98. The Labute approximate surface area is 104 Å². The Bertz CT molecular complexity index is 428. The van der Waals surface area contributed by atoms with E-state index >= 15 is 0 Å². The maximum Gasteiger partial charge on any atom is 0.174 e. The van der Waals surface area contributed by atoms with Crippen LogP contribution in [0, 0.1) is 6.92 Å².